The predicted octanol–water partition coefficient (Wildman–Crippen LogP) is 4.05. The summed E-state index contributed by atoms with van der Waals surface area (Å²) >= 11 is 0. The molecule has 20 heavy (non-hydrogen) atoms. The van der Waals surface area contributed by atoms with Gasteiger partial charge in [0.05, 0.1) is 0 Å². The van der Waals surface area contributed by atoms with Crippen molar-refractivity contribution in [2.45, 2.75) is 71.1 Å². The second kappa shape index (κ2) is 7.24. The van der Waals surface area contributed by atoms with Crippen molar-refractivity contribution in [3.8, 4) is 0 Å². The second-order valence-corrected chi connectivity index (χ2v) is 6.67. The first-order valence-electron chi connectivity index (χ1n) is 8.40. The van der Waals surface area contributed by atoms with Gasteiger partial charge in [-0.1, -0.05) is 45.4 Å². The first-order valence-corrected chi connectivity index (χ1v) is 8.40. The average Bonchev–Trinajstić information content (AvgIpc) is 2.61. The summed E-state index contributed by atoms with van der Waals surface area (Å²) in [7, 11) is 0. The van der Waals surface area contributed by atoms with Crippen molar-refractivity contribution in [2.24, 2.45) is 23.7 Å². The molecule has 2 rings (SSSR count). The minimum Gasteiger partial charge on any atom is -0.481 e. The maximum absolute atomic E-state index is 12.7. The summed E-state index contributed by atoms with van der Waals surface area (Å²) in [6.07, 6.45) is 10.1. The van der Waals surface area contributed by atoms with Crippen molar-refractivity contribution in [3.63, 3.8) is 0 Å². The molecule has 0 aromatic rings. The Morgan fingerprint density at radius 2 is 1.95 bits per heavy atom. The number of carboxylic acids is 1. The maximum Gasteiger partial charge on any atom is 0.303 e. The van der Waals surface area contributed by atoms with Gasteiger partial charge in [0.2, 0.25) is 0 Å². The highest BCUT2D eigenvalue weighted by atomic mass is 16.4. The number of carbonyl (C=O) groups is 2. The van der Waals surface area contributed by atoms with E-state index in [1.807, 2.05) is 0 Å². The Balaban J connectivity index is 2.10. The third-order valence-corrected chi connectivity index (χ3v) is 5.40. The Kier molecular flexibility index (Phi) is 5.62. The molecule has 2 aliphatic carbocycles. The molecule has 0 aliphatic heterocycles. The van der Waals surface area contributed by atoms with E-state index >= 15 is 0 Å². The highest BCUT2D eigenvalue weighted by Gasteiger charge is 2.49. The van der Waals surface area contributed by atoms with Crippen molar-refractivity contribution in [2.75, 3.05) is 0 Å². The molecule has 3 nitrogen and oxygen atoms in total. The van der Waals surface area contributed by atoms with Crippen molar-refractivity contribution >= 4 is 11.8 Å². The number of rotatable bonds is 6. The maximum atomic E-state index is 12.7. The standard InChI is InChI=1S/C17H28O3/c1-2-3-5-9-14-15(11-16(18)19)12-8-6-4-7-10-13(12)17(14)20/h12-15H,2-11H2,1H3,(H,18,19). The van der Waals surface area contributed by atoms with Gasteiger partial charge in [0.15, 0.2) is 0 Å². The van der Waals surface area contributed by atoms with Gasteiger partial charge in [-0.2, -0.15) is 0 Å². The van der Waals surface area contributed by atoms with Crippen LogP contribution < -0.4 is 0 Å². The lowest BCUT2D eigenvalue weighted by molar-refractivity contribution is -0.138. The summed E-state index contributed by atoms with van der Waals surface area (Å²) in [6.45, 7) is 2.16. The highest BCUT2D eigenvalue weighted by Crippen LogP contribution is 2.48. The molecule has 0 aromatic carbocycles. The molecule has 114 valence electrons. The van der Waals surface area contributed by atoms with Crippen LogP contribution in [-0.4, -0.2) is 16.9 Å². The Hall–Kier alpha value is -0.860. The van der Waals surface area contributed by atoms with Crippen LogP contribution in [0.15, 0.2) is 0 Å². The monoisotopic (exact) mass is 280 g/mol. The van der Waals surface area contributed by atoms with E-state index < -0.39 is 5.97 Å². The normalized spacial score (nSPS) is 33.8. The van der Waals surface area contributed by atoms with Gasteiger partial charge in [0, 0.05) is 18.3 Å². The van der Waals surface area contributed by atoms with Gasteiger partial charge in [0.1, 0.15) is 5.78 Å². The molecule has 0 saturated heterocycles. The van der Waals surface area contributed by atoms with Crippen LogP contribution in [0.3, 0.4) is 0 Å². The summed E-state index contributed by atoms with van der Waals surface area (Å²) in [4.78, 5) is 23.9. The van der Waals surface area contributed by atoms with E-state index in [4.69, 9.17) is 0 Å². The van der Waals surface area contributed by atoms with E-state index in [9.17, 15) is 14.7 Å². The number of hydrogen-bond donors (Lipinski definition) is 1. The first-order chi connectivity index (χ1) is 9.65. The number of Topliss-reactive ketones (excluding diaryl/α,β-unsaturated/α-hetero) is 1. The molecule has 0 spiro atoms. The first kappa shape index (κ1) is 15.5. The Morgan fingerprint density at radius 1 is 1.20 bits per heavy atom. The van der Waals surface area contributed by atoms with Gasteiger partial charge in [-0.05, 0) is 31.1 Å². The fourth-order valence-electron chi connectivity index (χ4n) is 4.45. The van der Waals surface area contributed by atoms with Gasteiger partial charge in [-0.3, -0.25) is 9.59 Å². The predicted molar refractivity (Wildman–Crippen MR) is 78.4 cm³/mol. The zero-order valence-corrected chi connectivity index (χ0v) is 12.6. The van der Waals surface area contributed by atoms with Crippen LogP contribution in [0.5, 0.6) is 0 Å². The van der Waals surface area contributed by atoms with Crippen LogP contribution in [-0.2, 0) is 9.59 Å². The average molecular weight is 280 g/mol. The Labute approximate surface area is 122 Å². The zero-order chi connectivity index (χ0) is 14.5. The lowest BCUT2D eigenvalue weighted by Gasteiger charge is -2.23. The fraction of sp³-hybridized carbons (Fsp3) is 0.882. The molecule has 1 N–H and O–H groups in total. The van der Waals surface area contributed by atoms with Crippen LogP contribution in [0.25, 0.3) is 0 Å². The van der Waals surface area contributed by atoms with Crippen molar-refractivity contribution in [1.29, 1.82) is 0 Å². The SMILES string of the molecule is CCCCCC1C(=O)C2CCCCCC2C1CC(=O)O. The summed E-state index contributed by atoms with van der Waals surface area (Å²) in [5.41, 5.74) is 0. The largest absolute Gasteiger partial charge is 0.481 e. The smallest absolute Gasteiger partial charge is 0.303 e. The molecular weight excluding hydrogens is 252 g/mol. The van der Waals surface area contributed by atoms with Gasteiger partial charge in [-0.25, -0.2) is 0 Å². The molecule has 0 heterocycles. The summed E-state index contributed by atoms with van der Waals surface area (Å²) in [5, 5.41) is 9.20. The molecule has 2 fully saturated rings. The van der Waals surface area contributed by atoms with Gasteiger partial charge in [0.25, 0.3) is 0 Å². The fourth-order valence-corrected chi connectivity index (χ4v) is 4.45. The molecule has 0 aromatic heterocycles. The van der Waals surface area contributed by atoms with Crippen LogP contribution in [0, 0.1) is 23.7 Å². The Bertz CT molecular complexity index is 350. The van der Waals surface area contributed by atoms with E-state index in [-0.39, 0.29) is 24.2 Å². The minimum atomic E-state index is -0.729. The van der Waals surface area contributed by atoms with E-state index in [1.54, 1.807) is 0 Å². The zero-order valence-electron chi connectivity index (χ0n) is 12.6. The van der Waals surface area contributed by atoms with Crippen molar-refractivity contribution in [3.05, 3.63) is 0 Å². The molecule has 3 heteroatoms. The second-order valence-electron chi connectivity index (χ2n) is 6.67. The summed E-state index contributed by atoms with van der Waals surface area (Å²) in [6, 6.07) is 0. The number of ketones is 1. The molecule has 2 aliphatic rings. The Morgan fingerprint density at radius 3 is 2.65 bits per heavy atom. The molecule has 2 saturated carbocycles. The summed E-state index contributed by atoms with van der Waals surface area (Å²) in [5.74, 6) is 0.347. The number of hydrogen-bond acceptors (Lipinski definition) is 2. The minimum absolute atomic E-state index is 0.0331. The van der Waals surface area contributed by atoms with Crippen molar-refractivity contribution < 1.29 is 14.7 Å². The lowest BCUT2D eigenvalue weighted by atomic mass is 9.80. The number of fused-ring (bicyclic) bond motifs is 1. The third kappa shape index (κ3) is 3.42. The molecule has 4 unspecified atom stereocenters. The molecule has 0 radical (unpaired) electrons. The van der Waals surface area contributed by atoms with E-state index in [1.165, 1.54) is 12.8 Å². The van der Waals surface area contributed by atoms with Gasteiger partial charge >= 0.3 is 5.97 Å². The lowest BCUT2D eigenvalue weighted by Crippen LogP contribution is -2.21. The van der Waals surface area contributed by atoms with E-state index in [2.05, 4.69) is 6.92 Å². The number of aliphatic carboxylic acids is 1. The molecule has 0 bridgehead atoms. The number of carbonyl (C=O) groups excluding carboxylic acids is 1. The van der Waals surface area contributed by atoms with E-state index in [0.29, 0.717) is 11.7 Å². The summed E-state index contributed by atoms with van der Waals surface area (Å²) < 4.78 is 0. The van der Waals surface area contributed by atoms with Crippen LogP contribution in [0.1, 0.15) is 71.1 Å². The van der Waals surface area contributed by atoms with Crippen LogP contribution in [0.4, 0.5) is 0 Å². The topological polar surface area (TPSA) is 54.4 Å². The quantitative estimate of drug-likeness (QED) is 0.747. The number of unbranched alkanes of at least 4 members (excludes halogenated alkanes) is 2. The van der Waals surface area contributed by atoms with Crippen molar-refractivity contribution in [1.82, 2.24) is 0 Å². The molecule has 4 atom stereocenters. The highest BCUT2D eigenvalue weighted by molar-refractivity contribution is 5.87. The molecule has 0 amide bonds. The van der Waals surface area contributed by atoms with Gasteiger partial charge < -0.3 is 5.11 Å². The third-order valence-electron chi connectivity index (χ3n) is 5.40. The number of carboxylic acid groups (broad SMARTS) is 1. The van der Waals surface area contributed by atoms with E-state index in [0.717, 1.165) is 44.9 Å². The van der Waals surface area contributed by atoms with Gasteiger partial charge in [-0.15, -0.1) is 0 Å². The van der Waals surface area contributed by atoms with Crippen LogP contribution >= 0.6 is 0 Å². The van der Waals surface area contributed by atoms with Crippen LogP contribution in [0.2, 0.25) is 0 Å². The molecular formula is C17H28O3.